The maximum atomic E-state index is 12.7. The van der Waals surface area contributed by atoms with Gasteiger partial charge in [-0.15, -0.1) is 0 Å². The Labute approximate surface area is 70.4 Å². The third kappa shape index (κ3) is 1.61. The predicted octanol–water partition coefficient (Wildman–Crippen LogP) is 2.07. The lowest BCUT2D eigenvalue weighted by Gasteiger charge is -2.04. The van der Waals surface area contributed by atoms with Crippen LogP contribution >= 0.6 is 0 Å². The molecular weight excluding hydrogens is 157 g/mol. The first-order valence-electron chi connectivity index (χ1n) is 3.63. The van der Waals surface area contributed by atoms with Gasteiger partial charge in [0.25, 0.3) is 0 Å². The Morgan fingerprint density at radius 1 is 1.50 bits per heavy atom. The highest BCUT2D eigenvalue weighted by Gasteiger charge is 2.06. The molecule has 2 nitrogen and oxygen atoms in total. The largest absolute Gasteiger partial charge is 0.388 e. The number of anilines is 1. The summed E-state index contributed by atoms with van der Waals surface area (Å²) in [5, 5.41) is 2.82. The van der Waals surface area contributed by atoms with Crippen LogP contribution in [0.15, 0.2) is 18.2 Å². The van der Waals surface area contributed by atoms with Crippen molar-refractivity contribution >= 4 is 11.5 Å². The molecule has 1 aromatic rings. The van der Waals surface area contributed by atoms with E-state index in [-0.39, 0.29) is 11.6 Å². The van der Waals surface area contributed by atoms with Gasteiger partial charge in [-0.05, 0) is 25.1 Å². The number of Topliss-reactive ketones (excluding diaryl/α,β-unsaturated/α-hetero) is 1. The van der Waals surface area contributed by atoms with Crippen molar-refractivity contribution in [3.8, 4) is 0 Å². The van der Waals surface area contributed by atoms with Crippen molar-refractivity contribution in [2.75, 3.05) is 12.4 Å². The van der Waals surface area contributed by atoms with Crippen LogP contribution in [0.1, 0.15) is 17.3 Å². The Morgan fingerprint density at radius 2 is 2.17 bits per heavy atom. The van der Waals surface area contributed by atoms with Crippen molar-refractivity contribution in [3.05, 3.63) is 29.6 Å². The minimum absolute atomic E-state index is 0.140. The number of benzene rings is 1. The Morgan fingerprint density at radius 3 is 2.67 bits per heavy atom. The van der Waals surface area contributed by atoms with E-state index in [1.54, 1.807) is 13.1 Å². The molecule has 0 spiro atoms. The molecule has 0 aliphatic carbocycles. The van der Waals surface area contributed by atoms with Gasteiger partial charge in [-0.1, -0.05) is 0 Å². The minimum atomic E-state index is -0.390. The summed E-state index contributed by atoms with van der Waals surface area (Å²) in [5.74, 6) is -0.530. The number of rotatable bonds is 2. The first-order chi connectivity index (χ1) is 5.65. The first kappa shape index (κ1) is 8.71. The van der Waals surface area contributed by atoms with E-state index in [2.05, 4.69) is 5.32 Å². The Bertz CT molecular complexity index is 309. The third-order valence-electron chi connectivity index (χ3n) is 1.63. The van der Waals surface area contributed by atoms with Crippen LogP contribution < -0.4 is 5.32 Å². The Kier molecular flexibility index (Phi) is 2.43. The molecule has 0 saturated heterocycles. The minimum Gasteiger partial charge on any atom is -0.388 e. The average Bonchev–Trinajstić information content (AvgIpc) is 2.04. The molecule has 12 heavy (non-hydrogen) atoms. The zero-order valence-corrected chi connectivity index (χ0v) is 7.02. The molecule has 3 heteroatoms. The number of carbonyl (C=O) groups excluding carboxylic acids is 1. The molecule has 64 valence electrons. The SMILES string of the molecule is CNc1ccc(F)cc1C(C)=O. The molecule has 0 atom stereocenters. The molecule has 0 aromatic heterocycles. The number of hydrogen-bond donors (Lipinski definition) is 1. The zero-order chi connectivity index (χ0) is 9.14. The van der Waals surface area contributed by atoms with Gasteiger partial charge in [-0.2, -0.15) is 0 Å². The van der Waals surface area contributed by atoms with Crippen LogP contribution in [-0.4, -0.2) is 12.8 Å². The molecule has 1 aromatic carbocycles. The molecule has 0 saturated carbocycles. The molecule has 0 aliphatic heterocycles. The highest BCUT2D eigenvalue weighted by Crippen LogP contribution is 2.16. The molecular formula is C9H10FNO. The van der Waals surface area contributed by atoms with Crippen LogP contribution in [0.2, 0.25) is 0 Å². The van der Waals surface area contributed by atoms with Crippen molar-refractivity contribution in [1.82, 2.24) is 0 Å². The third-order valence-corrected chi connectivity index (χ3v) is 1.63. The topological polar surface area (TPSA) is 29.1 Å². The summed E-state index contributed by atoms with van der Waals surface area (Å²) in [6.45, 7) is 1.41. The summed E-state index contributed by atoms with van der Waals surface area (Å²) in [5.41, 5.74) is 1.04. The van der Waals surface area contributed by atoms with Gasteiger partial charge in [0.15, 0.2) is 5.78 Å². The van der Waals surface area contributed by atoms with E-state index in [1.165, 1.54) is 19.1 Å². The monoisotopic (exact) mass is 167 g/mol. The van der Waals surface area contributed by atoms with Gasteiger partial charge in [0.1, 0.15) is 5.82 Å². The molecule has 0 bridgehead atoms. The molecule has 0 heterocycles. The quantitative estimate of drug-likeness (QED) is 0.683. The fourth-order valence-electron chi connectivity index (χ4n) is 1.03. The highest BCUT2D eigenvalue weighted by molar-refractivity contribution is 5.99. The van der Waals surface area contributed by atoms with E-state index in [0.29, 0.717) is 11.3 Å². The fourth-order valence-corrected chi connectivity index (χ4v) is 1.03. The summed E-state index contributed by atoms with van der Waals surface area (Å²) in [6, 6.07) is 4.10. The number of halogens is 1. The fraction of sp³-hybridized carbons (Fsp3) is 0.222. The van der Waals surface area contributed by atoms with Crippen molar-refractivity contribution < 1.29 is 9.18 Å². The van der Waals surface area contributed by atoms with Crippen LogP contribution in [0, 0.1) is 5.82 Å². The summed E-state index contributed by atoms with van der Waals surface area (Å²) >= 11 is 0. The molecule has 0 aliphatic rings. The van der Waals surface area contributed by atoms with Gasteiger partial charge in [0.05, 0.1) is 0 Å². The molecule has 0 amide bonds. The second kappa shape index (κ2) is 3.34. The smallest absolute Gasteiger partial charge is 0.161 e. The molecule has 0 unspecified atom stereocenters. The lowest BCUT2D eigenvalue weighted by Crippen LogP contribution is -2.00. The maximum absolute atomic E-state index is 12.7. The molecule has 0 fully saturated rings. The maximum Gasteiger partial charge on any atom is 0.161 e. The van der Waals surface area contributed by atoms with E-state index < -0.39 is 0 Å². The van der Waals surface area contributed by atoms with Gasteiger partial charge in [-0.3, -0.25) is 4.79 Å². The summed E-state index contributed by atoms with van der Waals surface area (Å²) in [4.78, 5) is 11.0. The van der Waals surface area contributed by atoms with Crippen molar-refractivity contribution in [1.29, 1.82) is 0 Å². The standard InChI is InChI=1S/C9H10FNO/c1-6(12)8-5-7(10)3-4-9(8)11-2/h3-5,11H,1-2H3. The van der Waals surface area contributed by atoms with Crippen molar-refractivity contribution in [2.45, 2.75) is 6.92 Å². The van der Waals surface area contributed by atoms with E-state index in [4.69, 9.17) is 0 Å². The van der Waals surface area contributed by atoms with Gasteiger partial charge < -0.3 is 5.32 Å². The second-order valence-electron chi connectivity index (χ2n) is 2.50. The number of ketones is 1. The van der Waals surface area contributed by atoms with Gasteiger partial charge in [0, 0.05) is 18.3 Å². The van der Waals surface area contributed by atoms with E-state index in [0.717, 1.165) is 0 Å². The van der Waals surface area contributed by atoms with Gasteiger partial charge >= 0.3 is 0 Å². The molecule has 1 rings (SSSR count). The highest BCUT2D eigenvalue weighted by atomic mass is 19.1. The van der Waals surface area contributed by atoms with Crippen molar-refractivity contribution in [2.24, 2.45) is 0 Å². The number of nitrogens with one attached hydrogen (secondary N) is 1. The molecule has 1 N–H and O–H groups in total. The van der Waals surface area contributed by atoms with E-state index in [9.17, 15) is 9.18 Å². The number of carbonyl (C=O) groups is 1. The van der Waals surface area contributed by atoms with Gasteiger partial charge in [-0.25, -0.2) is 4.39 Å². The summed E-state index contributed by atoms with van der Waals surface area (Å²) in [6.07, 6.45) is 0. The zero-order valence-electron chi connectivity index (χ0n) is 7.02. The average molecular weight is 167 g/mol. The molecule has 0 radical (unpaired) electrons. The van der Waals surface area contributed by atoms with Gasteiger partial charge in [0.2, 0.25) is 0 Å². The predicted molar refractivity (Wildman–Crippen MR) is 46.0 cm³/mol. The van der Waals surface area contributed by atoms with Crippen LogP contribution in [0.3, 0.4) is 0 Å². The normalized spacial score (nSPS) is 9.58. The van der Waals surface area contributed by atoms with Crippen LogP contribution in [0.5, 0.6) is 0 Å². The van der Waals surface area contributed by atoms with E-state index in [1.807, 2.05) is 0 Å². The Hall–Kier alpha value is -1.38. The second-order valence-corrected chi connectivity index (χ2v) is 2.50. The number of hydrogen-bond acceptors (Lipinski definition) is 2. The van der Waals surface area contributed by atoms with Crippen molar-refractivity contribution in [3.63, 3.8) is 0 Å². The lowest BCUT2D eigenvalue weighted by molar-refractivity contribution is 0.101. The van der Waals surface area contributed by atoms with Crippen LogP contribution in [-0.2, 0) is 0 Å². The summed E-state index contributed by atoms with van der Waals surface area (Å²) < 4.78 is 12.7. The van der Waals surface area contributed by atoms with E-state index >= 15 is 0 Å². The van der Waals surface area contributed by atoms with Crippen LogP contribution in [0.4, 0.5) is 10.1 Å². The summed E-state index contributed by atoms with van der Waals surface area (Å²) in [7, 11) is 1.69. The first-order valence-corrected chi connectivity index (χ1v) is 3.63. The van der Waals surface area contributed by atoms with Crippen LogP contribution in [0.25, 0.3) is 0 Å². The Balaban J connectivity index is 3.21. The lowest BCUT2D eigenvalue weighted by atomic mass is 10.1.